The minimum atomic E-state index is -0.516. The highest BCUT2D eigenvalue weighted by atomic mass is 16.2. The van der Waals surface area contributed by atoms with Gasteiger partial charge in [-0.05, 0) is 26.8 Å². The van der Waals surface area contributed by atoms with Crippen LogP contribution in [0.4, 0.5) is 11.5 Å². The van der Waals surface area contributed by atoms with Crippen LogP contribution in [0.5, 0.6) is 0 Å². The van der Waals surface area contributed by atoms with Crippen LogP contribution in [0.25, 0.3) is 0 Å². The number of carbonyl (C=O) groups is 1. The van der Waals surface area contributed by atoms with Gasteiger partial charge in [0, 0.05) is 44.6 Å². The Morgan fingerprint density at radius 2 is 2.16 bits per heavy atom. The molecule has 1 N–H and O–H groups in total. The smallest absolute Gasteiger partial charge is 0.247 e. The summed E-state index contributed by atoms with van der Waals surface area (Å²) < 4.78 is 0. The highest BCUT2D eigenvalue weighted by Crippen LogP contribution is 2.29. The van der Waals surface area contributed by atoms with E-state index in [1.54, 1.807) is 11.1 Å². The van der Waals surface area contributed by atoms with Crippen LogP contribution in [0, 0.1) is 0 Å². The molecule has 0 unspecified atom stereocenters. The number of likely N-dealkylation sites (N-methyl/N-ethyl adjacent to an activating group) is 1. The number of pyridine rings is 1. The largest absolute Gasteiger partial charge is 0.370 e. The molecule has 0 atom stereocenters. The molecule has 0 spiro atoms. The second-order valence-electron chi connectivity index (χ2n) is 5.37. The van der Waals surface area contributed by atoms with Crippen molar-refractivity contribution in [3.05, 3.63) is 18.3 Å². The summed E-state index contributed by atoms with van der Waals surface area (Å²) in [7, 11) is 1.86. The molecule has 2 heterocycles. The van der Waals surface area contributed by atoms with E-state index in [1.807, 2.05) is 40.0 Å². The summed E-state index contributed by atoms with van der Waals surface area (Å²) in [6, 6.07) is 3.96. The van der Waals surface area contributed by atoms with Crippen molar-refractivity contribution in [3.63, 3.8) is 0 Å². The van der Waals surface area contributed by atoms with Crippen molar-refractivity contribution >= 4 is 17.4 Å². The van der Waals surface area contributed by atoms with Crippen LogP contribution in [-0.2, 0) is 4.79 Å². The van der Waals surface area contributed by atoms with E-state index in [4.69, 9.17) is 0 Å². The molecule has 1 aromatic heterocycles. The van der Waals surface area contributed by atoms with Crippen LogP contribution in [0.15, 0.2) is 18.3 Å². The number of piperazine rings is 1. The number of nitrogens with one attached hydrogen (secondary N) is 1. The van der Waals surface area contributed by atoms with E-state index in [9.17, 15) is 4.79 Å². The number of anilines is 2. The number of aromatic nitrogens is 1. The molecule has 0 aromatic carbocycles. The number of hydrogen-bond acceptors (Lipinski definition) is 4. The summed E-state index contributed by atoms with van der Waals surface area (Å²) in [5.74, 6) is 1.00. The number of rotatable bonds is 3. The molecule has 0 radical (unpaired) electrons. The second kappa shape index (κ2) is 5.07. The van der Waals surface area contributed by atoms with Gasteiger partial charge in [-0.1, -0.05) is 0 Å². The van der Waals surface area contributed by atoms with Crippen molar-refractivity contribution in [3.8, 4) is 0 Å². The lowest BCUT2D eigenvalue weighted by Gasteiger charge is -2.46. The summed E-state index contributed by atoms with van der Waals surface area (Å²) in [6.07, 6.45) is 1.78. The highest BCUT2D eigenvalue weighted by Gasteiger charge is 2.40. The van der Waals surface area contributed by atoms with Gasteiger partial charge in [0.05, 0.1) is 0 Å². The highest BCUT2D eigenvalue weighted by molar-refractivity contribution is 5.90. The normalized spacial score (nSPS) is 18.6. The second-order valence-corrected chi connectivity index (χ2v) is 5.37. The van der Waals surface area contributed by atoms with E-state index in [0.717, 1.165) is 31.1 Å². The van der Waals surface area contributed by atoms with Crippen LogP contribution in [0.2, 0.25) is 0 Å². The van der Waals surface area contributed by atoms with Gasteiger partial charge in [0.25, 0.3) is 0 Å². The zero-order chi connectivity index (χ0) is 14.0. The van der Waals surface area contributed by atoms with Gasteiger partial charge in [0.15, 0.2) is 0 Å². The predicted octanol–water partition coefficient (Wildman–Crippen LogP) is 1.57. The first-order valence-electron chi connectivity index (χ1n) is 6.70. The Morgan fingerprint density at radius 3 is 2.84 bits per heavy atom. The van der Waals surface area contributed by atoms with Crippen LogP contribution in [0.1, 0.15) is 20.8 Å². The SMILES string of the molecule is CCNc1cc(N2CCN(C)C(=O)C2(C)C)ccn1. The van der Waals surface area contributed by atoms with Crippen LogP contribution < -0.4 is 10.2 Å². The molecule has 1 amide bonds. The van der Waals surface area contributed by atoms with Crippen molar-refractivity contribution in [1.82, 2.24) is 9.88 Å². The average Bonchev–Trinajstić information content (AvgIpc) is 2.37. The molecule has 5 nitrogen and oxygen atoms in total. The molecule has 0 aliphatic carbocycles. The van der Waals surface area contributed by atoms with Gasteiger partial charge in [0.2, 0.25) is 5.91 Å². The first kappa shape index (κ1) is 13.6. The Balaban J connectivity index is 2.30. The fourth-order valence-electron chi connectivity index (χ4n) is 2.53. The third kappa shape index (κ3) is 2.50. The molecule has 1 fully saturated rings. The van der Waals surface area contributed by atoms with Crippen molar-refractivity contribution in [2.24, 2.45) is 0 Å². The first-order chi connectivity index (χ1) is 8.96. The summed E-state index contributed by atoms with van der Waals surface area (Å²) in [5, 5.41) is 3.20. The minimum absolute atomic E-state index is 0.153. The molecule has 2 rings (SSSR count). The van der Waals surface area contributed by atoms with Gasteiger partial charge in [-0.2, -0.15) is 0 Å². The molecule has 1 saturated heterocycles. The van der Waals surface area contributed by atoms with Crippen molar-refractivity contribution in [2.45, 2.75) is 26.3 Å². The van der Waals surface area contributed by atoms with Crippen molar-refractivity contribution in [1.29, 1.82) is 0 Å². The summed E-state index contributed by atoms with van der Waals surface area (Å²) >= 11 is 0. The molecular formula is C14H22N4O. The molecule has 1 aromatic rings. The number of hydrogen-bond donors (Lipinski definition) is 1. The maximum atomic E-state index is 12.3. The predicted molar refractivity (Wildman–Crippen MR) is 77.5 cm³/mol. The first-order valence-corrected chi connectivity index (χ1v) is 6.70. The zero-order valence-electron chi connectivity index (χ0n) is 12.1. The number of amides is 1. The van der Waals surface area contributed by atoms with E-state index in [2.05, 4.69) is 15.2 Å². The lowest BCUT2D eigenvalue weighted by molar-refractivity contribution is -0.136. The van der Waals surface area contributed by atoms with Crippen LogP contribution in [-0.4, -0.2) is 48.0 Å². The van der Waals surface area contributed by atoms with Gasteiger partial charge in [0.1, 0.15) is 11.4 Å². The zero-order valence-corrected chi connectivity index (χ0v) is 12.1. The topological polar surface area (TPSA) is 48.5 Å². The van der Waals surface area contributed by atoms with E-state index < -0.39 is 5.54 Å². The Bertz CT molecular complexity index is 472. The van der Waals surface area contributed by atoms with Gasteiger partial charge >= 0.3 is 0 Å². The third-order valence-electron chi connectivity index (χ3n) is 3.62. The average molecular weight is 262 g/mol. The molecule has 1 aliphatic heterocycles. The van der Waals surface area contributed by atoms with Gasteiger partial charge in [-0.25, -0.2) is 4.98 Å². The van der Waals surface area contributed by atoms with E-state index in [0.29, 0.717) is 0 Å². The molecule has 104 valence electrons. The fourth-order valence-corrected chi connectivity index (χ4v) is 2.53. The quantitative estimate of drug-likeness (QED) is 0.898. The Hall–Kier alpha value is -1.78. The third-order valence-corrected chi connectivity index (χ3v) is 3.62. The maximum Gasteiger partial charge on any atom is 0.247 e. The van der Waals surface area contributed by atoms with Crippen LogP contribution in [0.3, 0.4) is 0 Å². The lowest BCUT2D eigenvalue weighted by Crippen LogP contribution is -2.62. The number of carbonyl (C=O) groups excluding carboxylic acids is 1. The molecular weight excluding hydrogens is 240 g/mol. The lowest BCUT2D eigenvalue weighted by atomic mass is 9.97. The van der Waals surface area contributed by atoms with Crippen molar-refractivity contribution < 1.29 is 4.79 Å². The standard InChI is InChI=1S/C14H22N4O/c1-5-15-12-10-11(6-7-16-12)18-9-8-17(4)13(19)14(18,2)3/h6-7,10H,5,8-9H2,1-4H3,(H,15,16). The summed E-state index contributed by atoms with van der Waals surface area (Å²) in [5.41, 5.74) is 0.523. The molecule has 1 aliphatic rings. The Labute approximate surface area is 114 Å². The van der Waals surface area contributed by atoms with E-state index in [-0.39, 0.29) is 5.91 Å². The Morgan fingerprint density at radius 1 is 1.42 bits per heavy atom. The van der Waals surface area contributed by atoms with Gasteiger partial charge in [-0.3, -0.25) is 4.79 Å². The van der Waals surface area contributed by atoms with E-state index >= 15 is 0 Å². The minimum Gasteiger partial charge on any atom is -0.370 e. The fraction of sp³-hybridized carbons (Fsp3) is 0.571. The maximum absolute atomic E-state index is 12.3. The molecule has 0 saturated carbocycles. The molecule has 5 heteroatoms. The van der Waals surface area contributed by atoms with Crippen LogP contribution >= 0.6 is 0 Å². The van der Waals surface area contributed by atoms with Gasteiger partial charge in [-0.15, -0.1) is 0 Å². The Kier molecular flexibility index (Phi) is 3.64. The monoisotopic (exact) mass is 262 g/mol. The van der Waals surface area contributed by atoms with E-state index in [1.165, 1.54) is 0 Å². The van der Waals surface area contributed by atoms with Crippen molar-refractivity contribution in [2.75, 3.05) is 36.9 Å². The summed E-state index contributed by atoms with van der Waals surface area (Å²) in [6.45, 7) is 8.40. The summed E-state index contributed by atoms with van der Waals surface area (Å²) in [4.78, 5) is 20.5. The molecule has 0 bridgehead atoms. The number of nitrogens with zero attached hydrogens (tertiary/aromatic N) is 3. The van der Waals surface area contributed by atoms with Gasteiger partial charge < -0.3 is 15.1 Å². The molecule has 19 heavy (non-hydrogen) atoms.